The van der Waals surface area contributed by atoms with E-state index >= 15 is 0 Å². The van der Waals surface area contributed by atoms with Gasteiger partial charge in [-0.3, -0.25) is 9.69 Å². The van der Waals surface area contributed by atoms with Gasteiger partial charge in [-0.1, -0.05) is 6.92 Å². The molecule has 1 heterocycles. The van der Waals surface area contributed by atoms with Gasteiger partial charge < -0.3 is 10.6 Å². The SMILES string of the molecule is CCN(CC)C(=O)CC(CN)N1CCCC(C)CC1. The van der Waals surface area contributed by atoms with Crippen LogP contribution in [0.25, 0.3) is 0 Å². The molecule has 19 heavy (non-hydrogen) atoms. The number of carbonyl (C=O) groups excluding carboxylic acids is 1. The van der Waals surface area contributed by atoms with Gasteiger partial charge in [-0.15, -0.1) is 0 Å². The van der Waals surface area contributed by atoms with E-state index in [-0.39, 0.29) is 11.9 Å². The monoisotopic (exact) mass is 269 g/mol. The summed E-state index contributed by atoms with van der Waals surface area (Å²) in [6, 6.07) is 0.221. The number of hydrogen-bond donors (Lipinski definition) is 1. The van der Waals surface area contributed by atoms with Crippen molar-refractivity contribution in [2.24, 2.45) is 11.7 Å². The van der Waals surface area contributed by atoms with E-state index in [0.717, 1.165) is 32.1 Å². The summed E-state index contributed by atoms with van der Waals surface area (Å²) in [5.41, 5.74) is 5.91. The fraction of sp³-hybridized carbons (Fsp3) is 0.933. The summed E-state index contributed by atoms with van der Waals surface area (Å²) >= 11 is 0. The van der Waals surface area contributed by atoms with E-state index in [2.05, 4.69) is 11.8 Å². The van der Waals surface area contributed by atoms with Gasteiger partial charge in [0.1, 0.15) is 0 Å². The van der Waals surface area contributed by atoms with E-state index in [1.165, 1.54) is 19.3 Å². The third-order valence-corrected chi connectivity index (χ3v) is 4.37. The number of hydrogen-bond acceptors (Lipinski definition) is 3. The van der Waals surface area contributed by atoms with Crippen LogP contribution in [0.3, 0.4) is 0 Å². The molecule has 1 amide bonds. The summed E-state index contributed by atoms with van der Waals surface area (Å²) < 4.78 is 0. The molecule has 112 valence electrons. The fourth-order valence-electron chi connectivity index (χ4n) is 2.92. The molecule has 0 aromatic carbocycles. The van der Waals surface area contributed by atoms with Crippen LogP contribution in [0, 0.1) is 5.92 Å². The molecule has 2 N–H and O–H groups in total. The van der Waals surface area contributed by atoms with Crippen molar-refractivity contribution in [2.75, 3.05) is 32.7 Å². The molecule has 0 aliphatic carbocycles. The third-order valence-electron chi connectivity index (χ3n) is 4.37. The first-order chi connectivity index (χ1) is 9.12. The molecule has 1 saturated heterocycles. The smallest absolute Gasteiger partial charge is 0.224 e. The highest BCUT2D eigenvalue weighted by Gasteiger charge is 2.24. The van der Waals surface area contributed by atoms with Gasteiger partial charge in [-0.05, 0) is 52.1 Å². The van der Waals surface area contributed by atoms with Crippen LogP contribution in [0.5, 0.6) is 0 Å². The first-order valence-electron chi connectivity index (χ1n) is 7.84. The Hall–Kier alpha value is -0.610. The number of amides is 1. The van der Waals surface area contributed by atoms with Gasteiger partial charge >= 0.3 is 0 Å². The second-order valence-electron chi connectivity index (χ2n) is 5.73. The second-order valence-corrected chi connectivity index (χ2v) is 5.73. The minimum Gasteiger partial charge on any atom is -0.343 e. The van der Waals surface area contributed by atoms with Crippen LogP contribution in [-0.2, 0) is 4.79 Å². The molecule has 0 aromatic heterocycles. The molecule has 1 fully saturated rings. The molecule has 1 aliphatic heterocycles. The molecule has 4 heteroatoms. The number of rotatable bonds is 6. The quantitative estimate of drug-likeness (QED) is 0.798. The Kier molecular flexibility index (Phi) is 7.39. The summed E-state index contributed by atoms with van der Waals surface area (Å²) in [5, 5.41) is 0. The lowest BCUT2D eigenvalue weighted by molar-refractivity contribution is -0.132. The normalized spacial score (nSPS) is 22.8. The summed E-state index contributed by atoms with van der Waals surface area (Å²) in [7, 11) is 0. The van der Waals surface area contributed by atoms with Crippen molar-refractivity contribution in [1.82, 2.24) is 9.80 Å². The highest BCUT2D eigenvalue weighted by molar-refractivity contribution is 5.76. The van der Waals surface area contributed by atoms with Crippen molar-refractivity contribution in [3.8, 4) is 0 Å². The first kappa shape index (κ1) is 16.4. The zero-order chi connectivity index (χ0) is 14.3. The summed E-state index contributed by atoms with van der Waals surface area (Å²) in [6.07, 6.45) is 4.34. The van der Waals surface area contributed by atoms with Gasteiger partial charge in [-0.25, -0.2) is 0 Å². The summed E-state index contributed by atoms with van der Waals surface area (Å²) in [4.78, 5) is 16.6. The van der Waals surface area contributed by atoms with E-state index < -0.39 is 0 Å². The molecular weight excluding hydrogens is 238 g/mol. The van der Waals surface area contributed by atoms with E-state index in [1.54, 1.807) is 0 Å². The molecule has 2 unspecified atom stereocenters. The molecule has 0 spiro atoms. The Labute approximate surface area is 118 Å². The van der Waals surface area contributed by atoms with Crippen LogP contribution in [0.1, 0.15) is 46.5 Å². The summed E-state index contributed by atoms with van der Waals surface area (Å²) in [6.45, 7) is 10.8. The van der Waals surface area contributed by atoms with Crippen LogP contribution < -0.4 is 5.73 Å². The molecule has 0 saturated carbocycles. The molecule has 1 aliphatic rings. The largest absolute Gasteiger partial charge is 0.343 e. The Morgan fingerprint density at radius 1 is 1.32 bits per heavy atom. The van der Waals surface area contributed by atoms with E-state index in [0.29, 0.717) is 13.0 Å². The Morgan fingerprint density at radius 3 is 2.58 bits per heavy atom. The van der Waals surface area contributed by atoms with Crippen molar-refractivity contribution in [2.45, 2.75) is 52.5 Å². The molecule has 0 radical (unpaired) electrons. The fourth-order valence-corrected chi connectivity index (χ4v) is 2.92. The average Bonchev–Trinajstić information content (AvgIpc) is 2.62. The zero-order valence-corrected chi connectivity index (χ0v) is 12.9. The van der Waals surface area contributed by atoms with Gasteiger partial charge in [0, 0.05) is 32.1 Å². The first-order valence-corrected chi connectivity index (χ1v) is 7.84. The molecule has 4 nitrogen and oxygen atoms in total. The van der Waals surface area contributed by atoms with Gasteiger partial charge in [-0.2, -0.15) is 0 Å². The van der Waals surface area contributed by atoms with Crippen molar-refractivity contribution < 1.29 is 4.79 Å². The van der Waals surface area contributed by atoms with Crippen LogP contribution in [0.2, 0.25) is 0 Å². The van der Waals surface area contributed by atoms with Crippen LogP contribution in [0.4, 0.5) is 0 Å². The lowest BCUT2D eigenvalue weighted by Gasteiger charge is -2.31. The summed E-state index contributed by atoms with van der Waals surface area (Å²) in [5.74, 6) is 1.06. The Balaban J connectivity index is 2.54. The Bertz CT molecular complexity index is 266. The number of nitrogens with two attached hydrogens (primary N) is 1. The zero-order valence-electron chi connectivity index (χ0n) is 12.9. The molecule has 1 rings (SSSR count). The number of likely N-dealkylation sites (tertiary alicyclic amines) is 1. The highest BCUT2D eigenvalue weighted by atomic mass is 16.2. The van der Waals surface area contributed by atoms with Crippen molar-refractivity contribution in [3.05, 3.63) is 0 Å². The predicted octanol–water partition coefficient (Wildman–Crippen LogP) is 1.69. The van der Waals surface area contributed by atoms with Crippen molar-refractivity contribution >= 4 is 5.91 Å². The van der Waals surface area contributed by atoms with Crippen molar-refractivity contribution in [1.29, 1.82) is 0 Å². The van der Waals surface area contributed by atoms with E-state index in [9.17, 15) is 4.79 Å². The van der Waals surface area contributed by atoms with Crippen LogP contribution >= 0.6 is 0 Å². The third kappa shape index (κ3) is 5.11. The minimum absolute atomic E-state index is 0.221. The maximum absolute atomic E-state index is 12.2. The predicted molar refractivity (Wildman–Crippen MR) is 80.0 cm³/mol. The lowest BCUT2D eigenvalue weighted by Crippen LogP contribution is -2.45. The lowest BCUT2D eigenvalue weighted by atomic mass is 10.0. The molecule has 0 bridgehead atoms. The minimum atomic E-state index is 0.221. The van der Waals surface area contributed by atoms with E-state index in [1.807, 2.05) is 18.7 Å². The standard InChI is InChI=1S/C15H31N3O/c1-4-17(5-2)15(19)11-14(12-16)18-9-6-7-13(3)8-10-18/h13-14H,4-12,16H2,1-3H3. The number of carbonyl (C=O) groups is 1. The van der Waals surface area contributed by atoms with Gasteiger partial charge in [0.05, 0.1) is 0 Å². The molecule has 0 aromatic rings. The molecular formula is C15H31N3O. The highest BCUT2D eigenvalue weighted by Crippen LogP contribution is 2.19. The van der Waals surface area contributed by atoms with Gasteiger partial charge in [0.15, 0.2) is 0 Å². The van der Waals surface area contributed by atoms with Crippen LogP contribution in [-0.4, -0.2) is 54.5 Å². The van der Waals surface area contributed by atoms with E-state index in [4.69, 9.17) is 5.73 Å². The maximum atomic E-state index is 12.2. The van der Waals surface area contributed by atoms with Crippen molar-refractivity contribution in [3.63, 3.8) is 0 Å². The van der Waals surface area contributed by atoms with Gasteiger partial charge in [0.2, 0.25) is 5.91 Å². The second kappa shape index (κ2) is 8.54. The average molecular weight is 269 g/mol. The topological polar surface area (TPSA) is 49.6 Å². The molecule has 2 atom stereocenters. The number of nitrogens with zero attached hydrogens (tertiary/aromatic N) is 2. The van der Waals surface area contributed by atoms with Crippen LogP contribution in [0.15, 0.2) is 0 Å². The van der Waals surface area contributed by atoms with Gasteiger partial charge in [0.25, 0.3) is 0 Å². The Morgan fingerprint density at radius 2 is 2.00 bits per heavy atom. The maximum Gasteiger partial charge on any atom is 0.224 e.